The molecule has 2 aromatic carbocycles. The van der Waals surface area contributed by atoms with Crippen LogP contribution < -0.4 is 0 Å². The molecule has 0 aliphatic heterocycles. The van der Waals surface area contributed by atoms with Crippen LogP contribution in [0.3, 0.4) is 0 Å². The van der Waals surface area contributed by atoms with Crippen LogP contribution in [0.4, 0.5) is 0 Å². The maximum absolute atomic E-state index is 5.32. The summed E-state index contributed by atoms with van der Waals surface area (Å²) in [4.78, 5) is 0. The average Bonchev–Trinajstić information content (AvgIpc) is 3.28. The van der Waals surface area contributed by atoms with Gasteiger partial charge in [0, 0.05) is 11.3 Å². The number of aryl methyl sites for hydroxylation is 3. The van der Waals surface area contributed by atoms with Crippen LogP contribution in [-0.4, -0.2) is 19.9 Å². The van der Waals surface area contributed by atoms with Crippen molar-refractivity contribution in [2.45, 2.75) is 27.2 Å². The summed E-state index contributed by atoms with van der Waals surface area (Å²) in [6.07, 6.45) is 4.28. The van der Waals surface area contributed by atoms with E-state index >= 15 is 0 Å². The van der Waals surface area contributed by atoms with Crippen molar-refractivity contribution in [1.82, 2.24) is 19.9 Å². The second kappa shape index (κ2) is 6.59. The molecular formula is C21H20N4O. The van der Waals surface area contributed by atoms with E-state index in [1.54, 1.807) is 12.7 Å². The molecule has 0 atom stereocenters. The quantitative estimate of drug-likeness (QED) is 0.549. The average molecular weight is 344 g/mol. The Morgan fingerprint density at radius 3 is 2.31 bits per heavy atom. The molecule has 26 heavy (non-hydrogen) atoms. The highest BCUT2D eigenvalue weighted by molar-refractivity contribution is 5.69. The third kappa shape index (κ3) is 3.04. The van der Waals surface area contributed by atoms with E-state index in [1.807, 2.05) is 18.4 Å². The number of rotatable bonds is 4. The summed E-state index contributed by atoms with van der Waals surface area (Å²) < 4.78 is 7.22. The molecule has 0 saturated heterocycles. The Morgan fingerprint density at radius 1 is 0.923 bits per heavy atom. The summed E-state index contributed by atoms with van der Waals surface area (Å²) in [5.41, 5.74) is 8.08. The van der Waals surface area contributed by atoms with Crippen LogP contribution in [0.5, 0.6) is 0 Å². The van der Waals surface area contributed by atoms with Crippen LogP contribution in [0.1, 0.15) is 28.1 Å². The summed E-state index contributed by atoms with van der Waals surface area (Å²) in [5.74, 6) is 0.857. The summed E-state index contributed by atoms with van der Waals surface area (Å²) in [5, 5.41) is 11.8. The van der Waals surface area contributed by atoms with Crippen LogP contribution in [-0.2, 0) is 6.42 Å². The Labute approximate surface area is 152 Å². The van der Waals surface area contributed by atoms with Crippen molar-refractivity contribution in [3.8, 4) is 16.8 Å². The Balaban J connectivity index is 1.63. The van der Waals surface area contributed by atoms with Gasteiger partial charge in [-0.2, -0.15) is 0 Å². The molecule has 2 heterocycles. The predicted octanol–water partition coefficient (Wildman–Crippen LogP) is 4.44. The van der Waals surface area contributed by atoms with E-state index in [9.17, 15) is 0 Å². The molecule has 0 spiro atoms. The number of nitrogens with zero attached hydrogens (tertiary/aromatic N) is 4. The zero-order valence-electron chi connectivity index (χ0n) is 15.1. The van der Waals surface area contributed by atoms with Gasteiger partial charge in [0.05, 0.1) is 5.69 Å². The Bertz CT molecular complexity index is 1010. The van der Waals surface area contributed by atoms with Crippen molar-refractivity contribution in [2.75, 3.05) is 0 Å². The number of hydrogen-bond acceptors (Lipinski definition) is 4. The van der Waals surface area contributed by atoms with Crippen LogP contribution in [0.2, 0.25) is 0 Å². The Morgan fingerprint density at radius 2 is 1.65 bits per heavy atom. The Kier molecular flexibility index (Phi) is 4.13. The number of hydrogen-bond donors (Lipinski definition) is 0. The molecule has 5 nitrogen and oxygen atoms in total. The highest BCUT2D eigenvalue weighted by Gasteiger charge is 2.13. The maximum atomic E-state index is 5.32. The van der Waals surface area contributed by atoms with Crippen LogP contribution in [0.25, 0.3) is 16.8 Å². The largest absolute Gasteiger partial charge is 0.361 e. The maximum Gasteiger partial charge on any atom is 0.141 e. The van der Waals surface area contributed by atoms with Gasteiger partial charge in [-0.3, -0.25) is 4.57 Å². The van der Waals surface area contributed by atoms with Gasteiger partial charge in [0.2, 0.25) is 0 Å². The molecule has 4 rings (SSSR count). The topological polar surface area (TPSA) is 56.7 Å². The molecule has 0 radical (unpaired) electrons. The third-order valence-electron chi connectivity index (χ3n) is 4.72. The van der Waals surface area contributed by atoms with Crippen molar-refractivity contribution in [3.05, 3.63) is 83.3 Å². The highest BCUT2D eigenvalue weighted by atomic mass is 16.5. The lowest BCUT2D eigenvalue weighted by Crippen LogP contribution is -1.95. The van der Waals surface area contributed by atoms with Gasteiger partial charge in [0.25, 0.3) is 0 Å². The third-order valence-corrected chi connectivity index (χ3v) is 4.72. The lowest BCUT2D eigenvalue weighted by atomic mass is 9.95. The first-order valence-corrected chi connectivity index (χ1v) is 8.58. The minimum Gasteiger partial charge on any atom is -0.361 e. The van der Waals surface area contributed by atoms with Crippen molar-refractivity contribution in [3.63, 3.8) is 0 Å². The van der Waals surface area contributed by atoms with E-state index in [-0.39, 0.29) is 0 Å². The normalized spacial score (nSPS) is 11.0. The van der Waals surface area contributed by atoms with Gasteiger partial charge in [-0.15, -0.1) is 10.2 Å². The molecule has 0 amide bonds. The number of benzene rings is 2. The lowest BCUT2D eigenvalue weighted by Gasteiger charge is -2.10. The molecule has 2 aromatic heterocycles. The second-order valence-electron chi connectivity index (χ2n) is 6.55. The molecule has 0 unspecified atom stereocenters. The molecule has 0 bridgehead atoms. The predicted molar refractivity (Wildman–Crippen MR) is 100 cm³/mol. The van der Waals surface area contributed by atoms with Gasteiger partial charge in [0.1, 0.15) is 18.4 Å². The van der Waals surface area contributed by atoms with E-state index in [0.29, 0.717) is 0 Å². The smallest absolute Gasteiger partial charge is 0.141 e. The van der Waals surface area contributed by atoms with Crippen molar-refractivity contribution < 1.29 is 4.52 Å². The van der Waals surface area contributed by atoms with Gasteiger partial charge < -0.3 is 4.52 Å². The lowest BCUT2D eigenvalue weighted by molar-refractivity contribution is 0.393. The fourth-order valence-electron chi connectivity index (χ4n) is 3.25. The molecule has 5 heteroatoms. The second-order valence-corrected chi connectivity index (χ2v) is 6.55. The van der Waals surface area contributed by atoms with Crippen LogP contribution in [0.15, 0.2) is 59.6 Å². The fraction of sp³-hybridized carbons (Fsp3) is 0.190. The molecular weight excluding hydrogens is 324 g/mol. The van der Waals surface area contributed by atoms with Crippen molar-refractivity contribution >= 4 is 0 Å². The summed E-state index contributed by atoms with van der Waals surface area (Å²) in [6.45, 7) is 6.09. The monoisotopic (exact) mass is 344 g/mol. The van der Waals surface area contributed by atoms with Crippen molar-refractivity contribution in [2.24, 2.45) is 0 Å². The zero-order chi connectivity index (χ0) is 18.1. The molecule has 0 aliphatic rings. The molecule has 0 saturated carbocycles. The summed E-state index contributed by atoms with van der Waals surface area (Å²) >= 11 is 0. The molecule has 4 aromatic rings. The highest BCUT2D eigenvalue weighted by Crippen LogP contribution is 2.29. The van der Waals surface area contributed by atoms with Crippen molar-refractivity contribution in [1.29, 1.82) is 0 Å². The minimum atomic E-state index is 0.857. The molecule has 0 fully saturated rings. The minimum absolute atomic E-state index is 0.857. The SMILES string of the molecule is Cc1ccc(-c2c(C)noc2C)cc1Cc1ccc(-n2cnnc2)cc1. The Hall–Kier alpha value is -3.21. The zero-order valence-corrected chi connectivity index (χ0v) is 15.1. The van der Waals surface area contributed by atoms with Crippen LogP contribution >= 0.6 is 0 Å². The molecule has 130 valence electrons. The first-order chi connectivity index (χ1) is 12.6. The van der Waals surface area contributed by atoms with Gasteiger partial charge in [-0.1, -0.05) is 35.5 Å². The standard InChI is InChI=1S/C21H20N4O/c1-14-4-7-18(21-15(2)24-26-16(21)3)11-19(14)10-17-5-8-20(9-6-17)25-12-22-23-13-25/h4-9,11-13H,10H2,1-3H3. The van der Waals surface area contributed by atoms with Gasteiger partial charge in [0.15, 0.2) is 0 Å². The fourth-order valence-corrected chi connectivity index (χ4v) is 3.25. The van der Waals surface area contributed by atoms with E-state index in [2.05, 4.69) is 64.7 Å². The summed E-state index contributed by atoms with van der Waals surface area (Å²) in [7, 11) is 0. The molecule has 0 N–H and O–H groups in total. The van der Waals surface area contributed by atoms with Gasteiger partial charge >= 0.3 is 0 Å². The van der Waals surface area contributed by atoms with Crippen LogP contribution in [0, 0.1) is 20.8 Å². The van der Waals surface area contributed by atoms with Gasteiger partial charge in [-0.05, 0) is 61.6 Å². The summed E-state index contributed by atoms with van der Waals surface area (Å²) in [6, 6.07) is 15.0. The van der Waals surface area contributed by atoms with E-state index in [1.165, 1.54) is 16.7 Å². The van der Waals surface area contributed by atoms with E-state index < -0.39 is 0 Å². The van der Waals surface area contributed by atoms with Gasteiger partial charge in [-0.25, -0.2) is 0 Å². The molecule has 0 aliphatic carbocycles. The number of aromatic nitrogens is 4. The first kappa shape index (κ1) is 16.3. The first-order valence-electron chi connectivity index (χ1n) is 8.58. The van der Waals surface area contributed by atoms with E-state index in [4.69, 9.17) is 4.52 Å². The van der Waals surface area contributed by atoms with E-state index in [0.717, 1.165) is 34.7 Å².